The van der Waals surface area contributed by atoms with Gasteiger partial charge in [-0.25, -0.2) is 0 Å². The first-order chi connectivity index (χ1) is 11.3. The number of nitrogens with one attached hydrogen (secondary N) is 1. The molecular weight excluding hydrogens is 310 g/mol. The smallest absolute Gasteiger partial charge is 0.305 e. The van der Waals surface area contributed by atoms with Gasteiger partial charge in [-0.05, 0) is 25.0 Å². The summed E-state index contributed by atoms with van der Waals surface area (Å²) in [5.41, 5.74) is 0.376. The first-order valence-corrected chi connectivity index (χ1v) is 7.81. The molecule has 2 N–H and O–H groups in total. The Morgan fingerprint density at radius 3 is 2.71 bits per heavy atom. The van der Waals surface area contributed by atoms with Gasteiger partial charge < -0.3 is 19.9 Å². The molecule has 1 unspecified atom stereocenters. The van der Waals surface area contributed by atoms with Gasteiger partial charge in [0.2, 0.25) is 0 Å². The van der Waals surface area contributed by atoms with E-state index in [1.54, 1.807) is 26.2 Å². The second kappa shape index (κ2) is 6.95. The Labute approximate surface area is 141 Å². The second-order valence-corrected chi connectivity index (χ2v) is 6.43. The summed E-state index contributed by atoms with van der Waals surface area (Å²) >= 11 is 0. The number of rotatable bonds is 6. The van der Waals surface area contributed by atoms with E-state index < -0.39 is 11.5 Å². The Kier molecular flexibility index (Phi) is 5.17. The summed E-state index contributed by atoms with van der Waals surface area (Å²) in [6.45, 7) is 5.62. The number of methoxy groups -OCH3 is 1. The summed E-state index contributed by atoms with van der Waals surface area (Å²) in [5.74, 6) is -0.0822. The average Bonchev–Trinajstić information content (AvgIpc) is 2.52. The van der Waals surface area contributed by atoms with Gasteiger partial charge in [0.1, 0.15) is 6.61 Å². The molecule has 1 atom stereocenters. The molecule has 0 aromatic heterocycles. The van der Waals surface area contributed by atoms with Gasteiger partial charge in [-0.3, -0.25) is 9.59 Å². The Morgan fingerprint density at radius 2 is 2.12 bits per heavy atom. The molecule has 6 nitrogen and oxygen atoms in total. The molecular formula is C18H23NO5. The molecule has 0 aliphatic carbocycles. The molecule has 24 heavy (non-hydrogen) atoms. The fourth-order valence-electron chi connectivity index (χ4n) is 2.52. The molecule has 1 aliphatic heterocycles. The summed E-state index contributed by atoms with van der Waals surface area (Å²) in [5, 5.41) is 12.0. The number of carboxylic acid groups (broad SMARTS) is 1. The van der Waals surface area contributed by atoms with Crippen LogP contribution in [0.2, 0.25) is 0 Å². The monoisotopic (exact) mass is 333 g/mol. The van der Waals surface area contributed by atoms with Crippen LogP contribution >= 0.6 is 0 Å². The number of ether oxygens (including phenoxy) is 2. The normalized spacial score (nSPS) is 15.6. The highest BCUT2D eigenvalue weighted by molar-refractivity contribution is 6.00. The first kappa shape index (κ1) is 17.8. The molecule has 1 aromatic carbocycles. The van der Waals surface area contributed by atoms with Crippen LogP contribution in [0.15, 0.2) is 23.8 Å². The molecule has 0 spiro atoms. The fourth-order valence-corrected chi connectivity index (χ4v) is 2.52. The maximum atomic E-state index is 12.6. The van der Waals surface area contributed by atoms with E-state index in [2.05, 4.69) is 5.32 Å². The van der Waals surface area contributed by atoms with Crippen molar-refractivity contribution in [3.8, 4) is 11.5 Å². The van der Waals surface area contributed by atoms with Crippen molar-refractivity contribution in [1.82, 2.24) is 5.32 Å². The third-order valence-electron chi connectivity index (χ3n) is 4.41. The lowest BCUT2D eigenvalue weighted by molar-refractivity contribution is -0.139. The largest absolute Gasteiger partial charge is 0.493 e. The number of fused-ring (bicyclic) bond motifs is 1. The van der Waals surface area contributed by atoms with Crippen LogP contribution in [0.1, 0.15) is 32.8 Å². The van der Waals surface area contributed by atoms with Gasteiger partial charge in [0.25, 0.3) is 5.91 Å². The maximum Gasteiger partial charge on any atom is 0.305 e. The van der Waals surface area contributed by atoms with Crippen molar-refractivity contribution in [2.24, 2.45) is 5.92 Å². The fraction of sp³-hybridized carbons (Fsp3) is 0.444. The zero-order chi connectivity index (χ0) is 17.9. The van der Waals surface area contributed by atoms with Crippen LogP contribution in [0.25, 0.3) is 6.08 Å². The Morgan fingerprint density at radius 1 is 1.42 bits per heavy atom. The highest BCUT2D eigenvalue weighted by Crippen LogP contribution is 2.35. The predicted octanol–water partition coefficient (Wildman–Crippen LogP) is 2.48. The van der Waals surface area contributed by atoms with Crippen molar-refractivity contribution in [3.63, 3.8) is 0 Å². The molecule has 0 radical (unpaired) electrons. The number of carbonyl (C=O) groups excluding carboxylic acids is 1. The molecule has 0 bridgehead atoms. The van der Waals surface area contributed by atoms with E-state index in [4.69, 9.17) is 14.6 Å². The molecule has 0 fully saturated rings. The highest BCUT2D eigenvalue weighted by atomic mass is 16.5. The van der Waals surface area contributed by atoms with E-state index in [0.29, 0.717) is 17.1 Å². The zero-order valence-corrected chi connectivity index (χ0v) is 14.4. The number of aliphatic carboxylic acids is 1. The van der Waals surface area contributed by atoms with Gasteiger partial charge >= 0.3 is 5.97 Å². The van der Waals surface area contributed by atoms with Crippen molar-refractivity contribution in [2.45, 2.75) is 32.7 Å². The average molecular weight is 333 g/mol. The van der Waals surface area contributed by atoms with E-state index in [1.165, 1.54) is 0 Å². The number of amides is 1. The van der Waals surface area contributed by atoms with E-state index in [-0.39, 0.29) is 24.9 Å². The predicted molar refractivity (Wildman–Crippen MR) is 90.1 cm³/mol. The summed E-state index contributed by atoms with van der Waals surface area (Å²) in [7, 11) is 1.56. The van der Waals surface area contributed by atoms with Crippen LogP contribution in [0, 0.1) is 5.92 Å². The Balaban J connectivity index is 2.24. The van der Waals surface area contributed by atoms with E-state index in [1.807, 2.05) is 26.0 Å². The standard InChI is InChI=1S/C18H23NO5/c1-11(2)18(3,9-15(20)21)19-17(22)13-8-12-6-5-7-14(23-4)16(12)24-10-13/h5-8,11H,9-10H2,1-4H3,(H,19,22)(H,20,21). The number of benzene rings is 1. The highest BCUT2D eigenvalue weighted by Gasteiger charge is 2.34. The van der Waals surface area contributed by atoms with E-state index in [0.717, 1.165) is 5.56 Å². The number of hydrogen-bond acceptors (Lipinski definition) is 4. The van der Waals surface area contributed by atoms with Gasteiger partial charge in [0.15, 0.2) is 11.5 Å². The Bertz CT molecular complexity index is 680. The van der Waals surface area contributed by atoms with Crippen molar-refractivity contribution >= 4 is 18.0 Å². The maximum absolute atomic E-state index is 12.6. The van der Waals surface area contributed by atoms with Gasteiger partial charge in [-0.15, -0.1) is 0 Å². The minimum atomic E-state index is -0.949. The quantitative estimate of drug-likeness (QED) is 0.835. The minimum Gasteiger partial charge on any atom is -0.493 e. The topological polar surface area (TPSA) is 84.9 Å². The lowest BCUT2D eigenvalue weighted by atomic mass is 9.85. The molecule has 1 aromatic rings. The third-order valence-corrected chi connectivity index (χ3v) is 4.41. The number of para-hydroxylation sites is 1. The van der Waals surface area contributed by atoms with Crippen LogP contribution in [0.4, 0.5) is 0 Å². The van der Waals surface area contributed by atoms with Gasteiger partial charge in [-0.1, -0.05) is 26.0 Å². The van der Waals surface area contributed by atoms with E-state index >= 15 is 0 Å². The Hall–Kier alpha value is -2.50. The lowest BCUT2D eigenvalue weighted by Gasteiger charge is -2.34. The third kappa shape index (κ3) is 3.69. The summed E-state index contributed by atoms with van der Waals surface area (Å²) in [6, 6.07) is 5.45. The zero-order valence-electron chi connectivity index (χ0n) is 14.4. The summed E-state index contributed by atoms with van der Waals surface area (Å²) in [6.07, 6.45) is 1.60. The summed E-state index contributed by atoms with van der Waals surface area (Å²) in [4.78, 5) is 23.7. The van der Waals surface area contributed by atoms with Crippen molar-refractivity contribution in [2.75, 3.05) is 13.7 Å². The molecule has 1 amide bonds. The lowest BCUT2D eigenvalue weighted by Crippen LogP contribution is -2.52. The number of carbonyl (C=O) groups is 2. The van der Waals surface area contributed by atoms with Gasteiger partial charge in [-0.2, -0.15) is 0 Å². The molecule has 2 rings (SSSR count). The van der Waals surface area contributed by atoms with Crippen LogP contribution in [0.3, 0.4) is 0 Å². The first-order valence-electron chi connectivity index (χ1n) is 7.81. The van der Waals surface area contributed by atoms with Crippen molar-refractivity contribution in [1.29, 1.82) is 0 Å². The van der Waals surface area contributed by atoms with Crippen LogP contribution in [-0.2, 0) is 9.59 Å². The van der Waals surface area contributed by atoms with Gasteiger partial charge in [0.05, 0.1) is 24.6 Å². The molecule has 130 valence electrons. The van der Waals surface area contributed by atoms with Gasteiger partial charge in [0, 0.05) is 5.56 Å². The SMILES string of the molecule is COc1cccc2c1OCC(C(=O)NC(C)(CC(=O)O)C(C)C)=C2. The molecule has 6 heteroatoms. The molecule has 0 saturated heterocycles. The number of carboxylic acids is 1. The van der Waals surface area contributed by atoms with Crippen LogP contribution in [-0.4, -0.2) is 36.2 Å². The number of hydrogen-bond donors (Lipinski definition) is 2. The van der Waals surface area contributed by atoms with Crippen LogP contribution in [0.5, 0.6) is 11.5 Å². The molecule has 1 aliphatic rings. The molecule has 0 saturated carbocycles. The van der Waals surface area contributed by atoms with Crippen LogP contribution < -0.4 is 14.8 Å². The molecule has 1 heterocycles. The van der Waals surface area contributed by atoms with Crippen molar-refractivity contribution < 1.29 is 24.2 Å². The van der Waals surface area contributed by atoms with Crippen molar-refractivity contribution in [3.05, 3.63) is 29.3 Å². The minimum absolute atomic E-state index is 0.0324. The summed E-state index contributed by atoms with van der Waals surface area (Å²) < 4.78 is 10.9. The van der Waals surface area contributed by atoms with E-state index in [9.17, 15) is 9.59 Å². The second-order valence-electron chi connectivity index (χ2n) is 6.43.